The molecule has 2 aromatic rings. The molecule has 0 aromatic heterocycles. The van der Waals surface area contributed by atoms with E-state index in [4.69, 9.17) is 4.74 Å². The van der Waals surface area contributed by atoms with Crippen molar-refractivity contribution in [3.05, 3.63) is 65.2 Å². The Bertz CT molecular complexity index is 737. The van der Waals surface area contributed by atoms with Crippen LogP contribution >= 0.6 is 0 Å². The third-order valence-electron chi connectivity index (χ3n) is 5.19. The molecule has 1 fully saturated rings. The number of hydrogen-bond donors (Lipinski definition) is 0. The number of nitrogens with zero attached hydrogens (tertiary/aromatic N) is 1. The Hall–Kier alpha value is -2.29. The summed E-state index contributed by atoms with van der Waals surface area (Å²) < 4.78 is 5.92. The number of ether oxygens (including phenoxy) is 1. The summed E-state index contributed by atoms with van der Waals surface area (Å²) in [5, 5.41) is 0. The number of carbonyl (C=O) groups excluding carboxylic acids is 1. The highest BCUT2D eigenvalue weighted by Gasteiger charge is 2.39. The number of hydrogen-bond acceptors (Lipinski definition) is 2. The molecule has 25 heavy (non-hydrogen) atoms. The smallest absolute Gasteiger partial charge is 0.264 e. The van der Waals surface area contributed by atoms with Gasteiger partial charge in [-0.2, -0.15) is 0 Å². The molecule has 1 atom stereocenters. The second-order valence-corrected chi connectivity index (χ2v) is 7.51. The highest BCUT2D eigenvalue weighted by atomic mass is 16.5. The van der Waals surface area contributed by atoms with E-state index < -0.39 is 0 Å². The van der Waals surface area contributed by atoms with Gasteiger partial charge in [0.15, 0.2) is 6.10 Å². The van der Waals surface area contributed by atoms with E-state index in [0.29, 0.717) is 24.9 Å². The van der Waals surface area contributed by atoms with E-state index in [1.54, 1.807) is 0 Å². The number of carbonyl (C=O) groups is 1. The van der Waals surface area contributed by atoms with Crippen LogP contribution in [0, 0.1) is 0 Å². The summed E-state index contributed by atoms with van der Waals surface area (Å²) in [4.78, 5) is 15.1. The Balaban J connectivity index is 1.47. The predicted molar refractivity (Wildman–Crippen MR) is 98.7 cm³/mol. The molecule has 2 aromatic carbocycles. The Morgan fingerprint density at radius 1 is 1.12 bits per heavy atom. The van der Waals surface area contributed by atoms with Gasteiger partial charge in [0.2, 0.25) is 0 Å². The van der Waals surface area contributed by atoms with E-state index in [1.807, 2.05) is 23.1 Å². The highest BCUT2D eigenvalue weighted by molar-refractivity contribution is 5.83. The van der Waals surface area contributed by atoms with Gasteiger partial charge in [0.05, 0.1) is 0 Å². The first kappa shape index (κ1) is 16.2. The number of para-hydroxylation sites is 1. The fraction of sp³-hybridized carbons (Fsp3) is 0.409. The van der Waals surface area contributed by atoms with E-state index in [9.17, 15) is 4.79 Å². The lowest BCUT2D eigenvalue weighted by molar-refractivity contribution is -0.139. The molecule has 3 heteroatoms. The van der Waals surface area contributed by atoms with Crippen molar-refractivity contribution in [2.45, 2.75) is 57.7 Å². The van der Waals surface area contributed by atoms with Gasteiger partial charge in [-0.05, 0) is 41.5 Å². The van der Waals surface area contributed by atoms with E-state index in [-0.39, 0.29) is 12.0 Å². The van der Waals surface area contributed by atoms with Crippen LogP contribution in [0.5, 0.6) is 5.75 Å². The van der Waals surface area contributed by atoms with Crippen LogP contribution in [0.4, 0.5) is 0 Å². The predicted octanol–water partition coefficient (Wildman–Crippen LogP) is 4.30. The van der Waals surface area contributed by atoms with Gasteiger partial charge in [-0.1, -0.05) is 56.3 Å². The number of fused-ring (bicyclic) bond motifs is 1. The van der Waals surface area contributed by atoms with Gasteiger partial charge in [-0.3, -0.25) is 4.79 Å². The fourth-order valence-corrected chi connectivity index (χ4v) is 3.48. The van der Waals surface area contributed by atoms with Crippen LogP contribution in [0.15, 0.2) is 48.5 Å². The standard InChI is InChI=1S/C22H25NO2/c1-15(2)17-9-7-16(8-10-17)14-23(19-11-12-19)22(24)21-13-18-5-3-4-6-20(18)25-21/h3-10,15,19,21H,11-14H2,1-2H3. The monoisotopic (exact) mass is 335 g/mol. The summed E-state index contributed by atoms with van der Waals surface area (Å²) in [6.45, 7) is 5.08. The maximum absolute atomic E-state index is 13.1. The summed E-state index contributed by atoms with van der Waals surface area (Å²) in [5.41, 5.74) is 3.67. The van der Waals surface area contributed by atoms with Crippen molar-refractivity contribution in [2.24, 2.45) is 0 Å². The third kappa shape index (κ3) is 3.41. The molecule has 0 spiro atoms. The topological polar surface area (TPSA) is 29.5 Å². The minimum Gasteiger partial charge on any atom is -0.480 e. The third-order valence-corrected chi connectivity index (χ3v) is 5.19. The summed E-state index contributed by atoms with van der Waals surface area (Å²) in [5.74, 6) is 1.52. The zero-order valence-corrected chi connectivity index (χ0v) is 14.9. The first-order valence-corrected chi connectivity index (χ1v) is 9.25. The molecular weight excluding hydrogens is 310 g/mol. The van der Waals surface area contributed by atoms with Gasteiger partial charge in [0.25, 0.3) is 5.91 Å². The molecule has 1 saturated carbocycles. The zero-order chi connectivity index (χ0) is 17.4. The van der Waals surface area contributed by atoms with E-state index in [1.165, 1.54) is 11.1 Å². The largest absolute Gasteiger partial charge is 0.480 e. The van der Waals surface area contributed by atoms with E-state index in [2.05, 4.69) is 44.2 Å². The van der Waals surface area contributed by atoms with Gasteiger partial charge >= 0.3 is 0 Å². The second kappa shape index (κ2) is 6.55. The molecular formula is C22H25NO2. The van der Waals surface area contributed by atoms with Crippen LogP contribution in [0.25, 0.3) is 0 Å². The maximum atomic E-state index is 13.1. The second-order valence-electron chi connectivity index (χ2n) is 7.51. The van der Waals surface area contributed by atoms with Crippen LogP contribution in [0.3, 0.4) is 0 Å². The zero-order valence-electron chi connectivity index (χ0n) is 14.9. The molecule has 0 radical (unpaired) electrons. The molecule has 1 aliphatic carbocycles. The van der Waals surface area contributed by atoms with Crippen LogP contribution in [-0.2, 0) is 17.8 Å². The molecule has 1 amide bonds. The summed E-state index contributed by atoms with van der Waals surface area (Å²) in [6.07, 6.45) is 2.53. The minimum absolute atomic E-state index is 0.131. The van der Waals surface area contributed by atoms with Crippen molar-refractivity contribution in [1.82, 2.24) is 4.90 Å². The quantitative estimate of drug-likeness (QED) is 0.815. The van der Waals surface area contributed by atoms with Crippen molar-refractivity contribution in [3.8, 4) is 5.75 Å². The van der Waals surface area contributed by atoms with Gasteiger partial charge in [-0.15, -0.1) is 0 Å². The Kier molecular flexibility index (Phi) is 4.24. The molecule has 3 nitrogen and oxygen atoms in total. The minimum atomic E-state index is -0.368. The van der Waals surface area contributed by atoms with E-state index >= 15 is 0 Å². The van der Waals surface area contributed by atoms with Crippen LogP contribution in [-0.4, -0.2) is 23.0 Å². The van der Waals surface area contributed by atoms with Gasteiger partial charge in [-0.25, -0.2) is 0 Å². The average molecular weight is 335 g/mol. The Morgan fingerprint density at radius 3 is 2.48 bits per heavy atom. The van der Waals surface area contributed by atoms with Crippen LogP contribution < -0.4 is 4.74 Å². The van der Waals surface area contributed by atoms with Crippen molar-refractivity contribution in [2.75, 3.05) is 0 Å². The molecule has 0 saturated heterocycles. The normalized spacial score (nSPS) is 18.8. The van der Waals surface area contributed by atoms with Crippen molar-refractivity contribution >= 4 is 5.91 Å². The average Bonchev–Trinajstić information content (AvgIpc) is 3.37. The lowest BCUT2D eigenvalue weighted by Crippen LogP contribution is -2.42. The summed E-state index contributed by atoms with van der Waals surface area (Å²) in [7, 11) is 0. The molecule has 0 bridgehead atoms. The number of rotatable bonds is 5. The molecule has 1 aliphatic heterocycles. The number of benzene rings is 2. The first-order chi connectivity index (χ1) is 12.1. The summed E-state index contributed by atoms with van der Waals surface area (Å²) in [6, 6.07) is 17.0. The molecule has 2 aliphatic rings. The molecule has 1 unspecified atom stereocenters. The molecule has 0 N–H and O–H groups in total. The van der Waals surface area contributed by atoms with Crippen molar-refractivity contribution in [1.29, 1.82) is 0 Å². The summed E-state index contributed by atoms with van der Waals surface area (Å²) >= 11 is 0. The fourth-order valence-electron chi connectivity index (χ4n) is 3.48. The van der Waals surface area contributed by atoms with Gasteiger partial charge in [0, 0.05) is 19.0 Å². The number of amides is 1. The lowest BCUT2D eigenvalue weighted by Gasteiger charge is -2.25. The first-order valence-electron chi connectivity index (χ1n) is 9.25. The Labute approximate surface area is 149 Å². The van der Waals surface area contributed by atoms with Gasteiger partial charge < -0.3 is 9.64 Å². The lowest BCUT2D eigenvalue weighted by atomic mass is 10.0. The molecule has 130 valence electrons. The Morgan fingerprint density at radius 2 is 1.84 bits per heavy atom. The molecule has 4 rings (SSSR count). The van der Waals surface area contributed by atoms with Crippen molar-refractivity contribution < 1.29 is 9.53 Å². The van der Waals surface area contributed by atoms with Crippen LogP contribution in [0.2, 0.25) is 0 Å². The highest BCUT2D eigenvalue weighted by Crippen LogP contribution is 2.33. The van der Waals surface area contributed by atoms with E-state index in [0.717, 1.165) is 24.2 Å². The van der Waals surface area contributed by atoms with Gasteiger partial charge in [0.1, 0.15) is 5.75 Å². The van der Waals surface area contributed by atoms with Crippen LogP contribution in [0.1, 0.15) is 49.3 Å². The van der Waals surface area contributed by atoms with Crippen molar-refractivity contribution in [3.63, 3.8) is 0 Å². The SMILES string of the molecule is CC(C)c1ccc(CN(C(=O)C2Cc3ccccc3O2)C2CC2)cc1. The molecule has 1 heterocycles. The maximum Gasteiger partial charge on any atom is 0.264 e.